The molecule has 2 rings (SSSR count). The molecule has 2 N–H and O–H groups in total. The van der Waals surface area contributed by atoms with E-state index in [1.165, 1.54) is 0 Å². The second-order valence-electron chi connectivity index (χ2n) is 4.62. The van der Waals surface area contributed by atoms with Gasteiger partial charge in [-0.25, -0.2) is 0 Å². The summed E-state index contributed by atoms with van der Waals surface area (Å²) in [4.78, 5) is 0. The number of hydrogen-bond donors (Lipinski definition) is 2. The highest BCUT2D eigenvalue weighted by atomic mass is 16.7. The fourth-order valence-corrected chi connectivity index (χ4v) is 2.64. The lowest BCUT2D eigenvalue weighted by atomic mass is 9.74. The van der Waals surface area contributed by atoms with Gasteiger partial charge in [-0.3, -0.25) is 0 Å². The van der Waals surface area contributed by atoms with E-state index in [1.807, 2.05) is 6.92 Å². The third kappa shape index (κ3) is 1.31. The molecule has 3 nitrogen and oxygen atoms in total. The Kier molecular flexibility index (Phi) is 2.21. The maximum absolute atomic E-state index is 10.2. The number of rotatable bonds is 1. The zero-order valence-electron chi connectivity index (χ0n) is 8.57. The standard InChI is InChI=1S/C11H18O3/c1-3-9-7-8(2)10(12)5-4-6-11(9,13)14-10/h3,8-9,12-13H,1,4-7H2,2H3/t8?,9?,10-,11+/m1/s1. The van der Waals surface area contributed by atoms with Gasteiger partial charge in [-0.15, -0.1) is 6.58 Å². The molecule has 0 radical (unpaired) electrons. The van der Waals surface area contributed by atoms with Gasteiger partial charge in [0.25, 0.3) is 0 Å². The molecule has 2 saturated heterocycles. The first kappa shape index (κ1) is 10.1. The molecule has 2 fully saturated rings. The van der Waals surface area contributed by atoms with Crippen molar-refractivity contribution in [2.45, 2.75) is 44.2 Å². The van der Waals surface area contributed by atoms with Gasteiger partial charge in [0.2, 0.25) is 0 Å². The average Bonchev–Trinajstić information content (AvgIpc) is 2.11. The molecule has 0 aliphatic carbocycles. The minimum absolute atomic E-state index is 0.0573. The van der Waals surface area contributed by atoms with Crippen molar-refractivity contribution in [1.29, 1.82) is 0 Å². The molecule has 0 aromatic carbocycles. The Bertz CT molecular complexity index is 253. The smallest absolute Gasteiger partial charge is 0.175 e. The molecular formula is C11H18O3. The molecular weight excluding hydrogens is 180 g/mol. The van der Waals surface area contributed by atoms with Crippen molar-refractivity contribution >= 4 is 0 Å². The van der Waals surface area contributed by atoms with Crippen LogP contribution in [-0.2, 0) is 4.74 Å². The SMILES string of the molecule is C=CC1CC(C)[C@@]2(O)CCC[C@]1(O)O2. The first-order chi connectivity index (χ1) is 6.50. The summed E-state index contributed by atoms with van der Waals surface area (Å²) in [6, 6.07) is 0. The predicted molar refractivity (Wildman–Crippen MR) is 52.3 cm³/mol. The van der Waals surface area contributed by atoms with Crippen LogP contribution in [0.4, 0.5) is 0 Å². The molecule has 2 aliphatic rings. The molecule has 0 spiro atoms. The summed E-state index contributed by atoms with van der Waals surface area (Å²) in [5.74, 6) is -2.29. The molecule has 0 saturated carbocycles. The van der Waals surface area contributed by atoms with E-state index in [0.717, 1.165) is 12.8 Å². The fraction of sp³-hybridized carbons (Fsp3) is 0.818. The third-order valence-corrected chi connectivity index (χ3v) is 3.66. The molecule has 0 amide bonds. The molecule has 4 atom stereocenters. The zero-order chi connectivity index (χ0) is 10.4. The van der Waals surface area contributed by atoms with Crippen molar-refractivity contribution in [3.8, 4) is 0 Å². The molecule has 2 aliphatic heterocycles. The van der Waals surface area contributed by atoms with Gasteiger partial charge in [0.1, 0.15) is 0 Å². The monoisotopic (exact) mass is 198 g/mol. The molecule has 14 heavy (non-hydrogen) atoms. The Morgan fingerprint density at radius 2 is 2.00 bits per heavy atom. The van der Waals surface area contributed by atoms with E-state index in [0.29, 0.717) is 12.8 Å². The number of aliphatic hydroxyl groups is 2. The van der Waals surface area contributed by atoms with Gasteiger partial charge in [-0.05, 0) is 12.8 Å². The Labute approximate surface area is 84.4 Å². The second-order valence-corrected chi connectivity index (χ2v) is 4.62. The number of fused-ring (bicyclic) bond motifs is 2. The maximum atomic E-state index is 10.2. The van der Waals surface area contributed by atoms with E-state index in [2.05, 4.69) is 6.58 Å². The molecule has 0 aromatic heterocycles. The average molecular weight is 198 g/mol. The van der Waals surface area contributed by atoms with Crippen molar-refractivity contribution in [3.63, 3.8) is 0 Å². The van der Waals surface area contributed by atoms with E-state index >= 15 is 0 Å². The Morgan fingerprint density at radius 3 is 2.64 bits per heavy atom. The van der Waals surface area contributed by atoms with Crippen LogP contribution in [0.2, 0.25) is 0 Å². The summed E-state index contributed by atoms with van der Waals surface area (Å²) in [5.41, 5.74) is 0. The zero-order valence-corrected chi connectivity index (χ0v) is 8.57. The summed E-state index contributed by atoms with van der Waals surface area (Å²) < 4.78 is 5.45. The van der Waals surface area contributed by atoms with Gasteiger partial charge in [0.15, 0.2) is 11.6 Å². The van der Waals surface area contributed by atoms with Crippen molar-refractivity contribution in [2.75, 3.05) is 0 Å². The van der Waals surface area contributed by atoms with E-state index in [4.69, 9.17) is 4.74 Å². The van der Waals surface area contributed by atoms with Gasteiger partial charge in [0, 0.05) is 24.7 Å². The van der Waals surface area contributed by atoms with Crippen LogP contribution in [0.3, 0.4) is 0 Å². The molecule has 2 unspecified atom stereocenters. The normalized spacial score (nSPS) is 52.8. The lowest BCUT2D eigenvalue weighted by Crippen LogP contribution is -2.60. The van der Waals surface area contributed by atoms with E-state index in [-0.39, 0.29) is 11.8 Å². The van der Waals surface area contributed by atoms with Gasteiger partial charge < -0.3 is 14.9 Å². The van der Waals surface area contributed by atoms with Crippen LogP contribution >= 0.6 is 0 Å². The Morgan fingerprint density at radius 1 is 1.36 bits per heavy atom. The molecule has 2 heterocycles. The summed E-state index contributed by atoms with van der Waals surface area (Å²) in [6.45, 7) is 5.67. The largest absolute Gasteiger partial charge is 0.365 e. The molecule has 3 heteroatoms. The van der Waals surface area contributed by atoms with E-state index in [1.54, 1.807) is 6.08 Å². The minimum atomic E-state index is -1.18. The lowest BCUT2D eigenvalue weighted by Gasteiger charge is -2.53. The van der Waals surface area contributed by atoms with Crippen LogP contribution < -0.4 is 0 Å². The first-order valence-electron chi connectivity index (χ1n) is 5.28. The Balaban J connectivity index is 2.28. The summed E-state index contributed by atoms with van der Waals surface area (Å²) in [7, 11) is 0. The lowest BCUT2D eigenvalue weighted by molar-refractivity contribution is -0.407. The van der Waals surface area contributed by atoms with E-state index in [9.17, 15) is 10.2 Å². The van der Waals surface area contributed by atoms with Gasteiger partial charge in [0.05, 0.1) is 0 Å². The van der Waals surface area contributed by atoms with Crippen LogP contribution in [0.15, 0.2) is 12.7 Å². The number of ether oxygens (including phenoxy) is 1. The topological polar surface area (TPSA) is 49.7 Å². The van der Waals surface area contributed by atoms with Gasteiger partial charge in [-0.2, -0.15) is 0 Å². The summed E-state index contributed by atoms with van der Waals surface area (Å²) in [5, 5.41) is 20.3. The molecule has 80 valence electrons. The van der Waals surface area contributed by atoms with Crippen molar-refractivity contribution in [2.24, 2.45) is 11.8 Å². The third-order valence-electron chi connectivity index (χ3n) is 3.66. The van der Waals surface area contributed by atoms with Crippen molar-refractivity contribution in [1.82, 2.24) is 0 Å². The van der Waals surface area contributed by atoms with Gasteiger partial charge in [-0.1, -0.05) is 13.0 Å². The maximum Gasteiger partial charge on any atom is 0.175 e. The molecule has 2 bridgehead atoms. The highest BCUT2D eigenvalue weighted by molar-refractivity contribution is 5.00. The van der Waals surface area contributed by atoms with Crippen molar-refractivity contribution < 1.29 is 14.9 Å². The highest BCUT2D eigenvalue weighted by Gasteiger charge is 2.54. The summed E-state index contributed by atoms with van der Waals surface area (Å²) in [6.07, 6.45) is 4.51. The first-order valence-corrected chi connectivity index (χ1v) is 5.28. The number of hydrogen-bond acceptors (Lipinski definition) is 3. The fourth-order valence-electron chi connectivity index (χ4n) is 2.64. The van der Waals surface area contributed by atoms with Crippen molar-refractivity contribution in [3.05, 3.63) is 12.7 Å². The highest BCUT2D eigenvalue weighted by Crippen LogP contribution is 2.49. The quantitative estimate of drug-likeness (QED) is 0.626. The van der Waals surface area contributed by atoms with E-state index < -0.39 is 11.6 Å². The predicted octanol–water partition coefficient (Wildman–Crippen LogP) is 1.41. The van der Waals surface area contributed by atoms with Crippen LogP contribution in [-0.4, -0.2) is 21.8 Å². The Hall–Kier alpha value is -0.380. The van der Waals surface area contributed by atoms with Crippen LogP contribution in [0, 0.1) is 11.8 Å². The van der Waals surface area contributed by atoms with Crippen LogP contribution in [0.25, 0.3) is 0 Å². The van der Waals surface area contributed by atoms with Gasteiger partial charge >= 0.3 is 0 Å². The second kappa shape index (κ2) is 3.05. The van der Waals surface area contributed by atoms with Crippen LogP contribution in [0.1, 0.15) is 32.6 Å². The minimum Gasteiger partial charge on any atom is -0.365 e. The molecule has 0 aromatic rings. The summed E-state index contributed by atoms with van der Waals surface area (Å²) >= 11 is 0. The van der Waals surface area contributed by atoms with Crippen LogP contribution in [0.5, 0.6) is 0 Å².